The van der Waals surface area contributed by atoms with Gasteiger partial charge in [-0.1, -0.05) is 26.8 Å². The maximum Gasteiger partial charge on any atom is 0.407 e. The van der Waals surface area contributed by atoms with E-state index in [1.54, 1.807) is 20.8 Å². The maximum absolute atomic E-state index is 13.6. The summed E-state index contributed by atoms with van der Waals surface area (Å²) in [6.07, 6.45) is -0.763. The highest BCUT2D eigenvalue weighted by Crippen LogP contribution is 2.45. The number of benzene rings is 1. The number of carbonyl (C=O) groups is 2. The van der Waals surface area contributed by atoms with Crippen LogP contribution in [0.4, 0.5) is 13.6 Å². The molecule has 3 atom stereocenters. The molecule has 2 rings (SSSR count). The zero-order valence-electron chi connectivity index (χ0n) is 13.8. The Kier molecular flexibility index (Phi) is 4.68. The van der Waals surface area contributed by atoms with Crippen molar-refractivity contribution >= 4 is 12.4 Å². The highest BCUT2D eigenvalue weighted by molar-refractivity contribution is 5.68. The molecule has 132 valence electrons. The lowest BCUT2D eigenvalue weighted by Gasteiger charge is -2.51. The average Bonchev–Trinajstić information content (AvgIpc) is 2.48. The van der Waals surface area contributed by atoms with Crippen LogP contribution in [0.15, 0.2) is 18.2 Å². The van der Waals surface area contributed by atoms with E-state index in [1.807, 2.05) is 0 Å². The van der Waals surface area contributed by atoms with Crippen LogP contribution in [0, 0.1) is 23.0 Å². The molecule has 0 bridgehead atoms. The Labute approximate surface area is 138 Å². The molecule has 7 heteroatoms. The van der Waals surface area contributed by atoms with Gasteiger partial charge in [0.2, 0.25) is 0 Å². The molecule has 1 aromatic carbocycles. The summed E-state index contributed by atoms with van der Waals surface area (Å²) >= 11 is 0. The molecule has 0 spiro atoms. The standard InChI is InChI=1S/C17H21F2NO4/c1-16(2,3)14-11(9-21)17(24,6-7-20(14)15(22)23)10-4-5-12(18)13(19)8-10/h4-5,8-9,11,14,24H,6-7H2,1-3H3,(H,22,23)/t11-,14?,17-/m0/s1. The van der Waals surface area contributed by atoms with Gasteiger partial charge in [-0.05, 0) is 29.5 Å². The number of hydrogen-bond acceptors (Lipinski definition) is 3. The summed E-state index contributed by atoms with van der Waals surface area (Å²) in [6.45, 7) is 5.28. The third-order valence-corrected chi connectivity index (χ3v) is 4.66. The van der Waals surface area contributed by atoms with Crippen LogP contribution in [0.25, 0.3) is 0 Å². The second kappa shape index (κ2) is 6.12. The molecule has 0 aromatic heterocycles. The number of rotatable bonds is 2. The van der Waals surface area contributed by atoms with Crippen LogP contribution in [0.5, 0.6) is 0 Å². The fourth-order valence-electron chi connectivity index (χ4n) is 3.56. The van der Waals surface area contributed by atoms with E-state index in [9.17, 15) is 28.6 Å². The number of piperidine rings is 1. The van der Waals surface area contributed by atoms with Gasteiger partial charge >= 0.3 is 6.09 Å². The molecular formula is C17H21F2NO4. The van der Waals surface area contributed by atoms with E-state index < -0.39 is 40.7 Å². The van der Waals surface area contributed by atoms with Crippen LogP contribution in [0.2, 0.25) is 0 Å². The average molecular weight is 341 g/mol. The fraction of sp³-hybridized carbons (Fsp3) is 0.529. The van der Waals surface area contributed by atoms with E-state index >= 15 is 0 Å². The van der Waals surface area contributed by atoms with Gasteiger partial charge in [-0.3, -0.25) is 0 Å². The number of amides is 1. The minimum Gasteiger partial charge on any atom is -0.465 e. The Balaban J connectivity index is 2.56. The minimum atomic E-state index is -1.76. The second-order valence-corrected chi connectivity index (χ2v) is 7.25. The van der Waals surface area contributed by atoms with E-state index in [2.05, 4.69) is 0 Å². The van der Waals surface area contributed by atoms with Crippen LogP contribution in [-0.2, 0) is 10.4 Å². The zero-order valence-corrected chi connectivity index (χ0v) is 13.8. The molecule has 1 heterocycles. The third kappa shape index (κ3) is 3.00. The van der Waals surface area contributed by atoms with Gasteiger partial charge in [0.05, 0.1) is 12.0 Å². The Hall–Kier alpha value is -2.02. The molecule has 1 aliphatic heterocycles. The first-order chi connectivity index (χ1) is 11.0. The Morgan fingerprint density at radius 2 is 1.96 bits per heavy atom. The molecule has 1 aromatic rings. The molecule has 1 unspecified atom stereocenters. The topological polar surface area (TPSA) is 77.8 Å². The van der Waals surface area contributed by atoms with Gasteiger partial charge in [-0.15, -0.1) is 0 Å². The minimum absolute atomic E-state index is 0.0168. The van der Waals surface area contributed by atoms with Crippen LogP contribution >= 0.6 is 0 Å². The second-order valence-electron chi connectivity index (χ2n) is 7.25. The van der Waals surface area contributed by atoms with Gasteiger partial charge in [0, 0.05) is 6.54 Å². The van der Waals surface area contributed by atoms with Gasteiger partial charge in [0.25, 0.3) is 0 Å². The number of halogens is 2. The number of aldehydes is 1. The predicted molar refractivity (Wildman–Crippen MR) is 82.4 cm³/mol. The summed E-state index contributed by atoms with van der Waals surface area (Å²) in [4.78, 5) is 24.4. The van der Waals surface area contributed by atoms with Crippen molar-refractivity contribution in [1.29, 1.82) is 0 Å². The van der Waals surface area contributed by atoms with Gasteiger partial charge in [0.15, 0.2) is 11.6 Å². The van der Waals surface area contributed by atoms with Crippen molar-refractivity contribution < 1.29 is 28.6 Å². The lowest BCUT2D eigenvalue weighted by atomic mass is 9.65. The molecule has 1 amide bonds. The number of aliphatic hydroxyl groups is 1. The van der Waals surface area contributed by atoms with Gasteiger partial charge in [-0.25, -0.2) is 13.6 Å². The van der Waals surface area contributed by atoms with E-state index in [0.717, 1.165) is 17.0 Å². The number of nitrogens with zero attached hydrogens (tertiary/aromatic N) is 1. The Morgan fingerprint density at radius 3 is 2.42 bits per heavy atom. The highest BCUT2D eigenvalue weighted by Gasteiger charge is 2.53. The summed E-state index contributed by atoms with van der Waals surface area (Å²) in [5.74, 6) is -3.29. The highest BCUT2D eigenvalue weighted by atomic mass is 19.2. The van der Waals surface area contributed by atoms with E-state index in [1.165, 1.54) is 6.07 Å². The fourth-order valence-corrected chi connectivity index (χ4v) is 3.56. The Morgan fingerprint density at radius 1 is 1.33 bits per heavy atom. The van der Waals surface area contributed by atoms with Gasteiger partial charge in [0.1, 0.15) is 11.9 Å². The summed E-state index contributed by atoms with van der Waals surface area (Å²) < 4.78 is 26.8. The van der Waals surface area contributed by atoms with Gasteiger partial charge in [-0.2, -0.15) is 0 Å². The van der Waals surface area contributed by atoms with Crippen molar-refractivity contribution in [3.05, 3.63) is 35.4 Å². The van der Waals surface area contributed by atoms with Crippen LogP contribution in [0.1, 0.15) is 32.8 Å². The molecular weight excluding hydrogens is 320 g/mol. The zero-order chi connectivity index (χ0) is 18.3. The number of likely N-dealkylation sites (tertiary alicyclic amines) is 1. The molecule has 2 N–H and O–H groups in total. The first-order valence-electron chi connectivity index (χ1n) is 7.65. The van der Waals surface area contributed by atoms with Gasteiger partial charge < -0.3 is 19.9 Å². The first-order valence-corrected chi connectivity index (χ1v) is 7.65. The van der Waals surface area contributed by atoms with Crippen LogP contribution in [0.3, 0.4) is 0 Å². The van der Waals surface area contributed by atoms with Crippen molar-refractivity contribution in [2.24, 2.45) is 11.3 Å². The van der Waals surface area contributed by atoms with E-state index in [0.29, 0.717) is 6.29 Å². The first kappa shape index (κ1) is 18.3. The lowest BCUT2D eigenvalue weighted by molar-refractivity contribution is -0.144. The van der Waals surface area contributed by atoms with Crippen molar-refractivity contribution in [3.8, 4) is 0 Å². The molecule has 1 fully saturated rings. The maximum atomic E-state index is 13.6. The van der Waals surface area contributed by atoms with Crippen molar-refractivity contribution in [3.63, 3.8) is 0 Å². The summed E-state index contributed by atoms with van der Waals surface area (Å²) in [5, 5.41) is 20.5. The van der Waals surface area contributed by atoms with Crippen LogP contribution in [-0.4, -0.2) is 40.1 Å². The van der Waals surface area contributed by atoms with E-state index in [4.69, 9.17) is 0 Å². The smallest absolute Gasteiger partial charge is 0.407 e. The summed E-state index contributed by atoms with van der Waals surface area (Å²) in [6, 6.07) is 2.17. The normalized spacial score (nSPS) is 27.8. The Bertz CT molecular complexity index is 658. The third-order valence-electron chi connectivity index (χ3n) is 4.66. The number of carboxylic acid groups (broad SMARTS) is 1. The molecule has 0 saturated carbocycles. The molecule has 5 nitrogen and oxygen atoms in total. The van der Waals surface area contributed by atoms with Crippen molar-refractivity contribution in [1.82, 2.24) is 4.90 Å². The molecule has 1 saturated heterocycles. The molecule has 0 aliphatic carbocycles. The molecule has 24 heavy (non-hydrogen) atoms. The van der Waals surface area contributed by atoms with E-state index in [-0.39, 0.29) is 18.5 Å². The van der Waals surface area contributed by atoms with Crippen molar-refractivity contribution in [2.75, 3.05) is 6.54 Å². The molecule has 1 aliphatic rings. The van der Waals surface area contributed by atoms with Crippen LogP contribution < -0.4 is 0 Å². The SMILES string of the molecule is CC(C)(C)C1[C@H](C=O)[C@@](O)(c2ccc(F)c(F)c2)CCN1C(=O)O. The number of hydrogen-bond donors (Lipinski definition) is 2. The summed E-state index contributed by atoms with van der Waals surface area (Å²) in [5.41, 5.74) is -2.34. The quantitative estimate of drug-likeness (QED) is 0.811. The molecule has 0 radical (unpaired) electrons. The van der Waals surface area contributed by atoms with Crippen molar-refractivity contribution in [2.45, 2.75) is 38.8 Å². The lowest BCUT2D eigenvalue weighted by Crippen LogP contribution is -2.62. The number of carbonyl (C=O) groups excluding carboxylic acids is 1. The predicted octanol–water partition coefficient (Wildman–Crippen LogP) is 2.77. The monoisotopic (exact) mass is 341 g/mol. The summed E-state index contributed by atoms with van der Waals surface area (Å²) in [7, 11) is 0. The largest absolute Gasteiger partial charge is 0.465 e.